The Labute approximate surface area is 182 Å². The first-order chi connectivity index (χ1) is 14.9. The second kappa shape index (κ2) is 10.1. The number of hydrogen-bond donors (Lipinski definition) is 2. The maximum atomic E-state index is 12.5. The minimum atomic E-state index is -0.678. The van der Waals surface area contributed by atoms with Crippen LogP contribution >= 0.6 is 11.3 Å². The van der Waals surface area contributed by atoms with Gasteiger partial charge in [0.25, 0.3) is 5.91 Å². The Morgan fingerprint density at radius 2 is 1.81 bits per heavy atom. The van der Waals surface area contributed by atoms with Crippen molar-refractivity contribution < 1.29 is 33.4 Å². The third-order valence-corrected chi connectivity index (χ3v) is 5.13. The Kier molecular flexibility index (Phi) is 7.22. The molecule has 3 aromatic rings. The van der Waals surface area contributed by atoms with Crippen molar-refractivity contribution in [2.45, 2.75) is 20.5 Å². The molecule has 0 saturated carbocycles. The van der Waals surface area contributed by atoms with Crippen LogP contribution in [0, 0.1) is 6.92 Å². The number of aryl methyl sites for hydroxylation is 1. The van der Waals surface area contributed by atoms with Gasteiger partial charge in [0.05, 0.1) is 18.8 Å². The number of rotatable bonds is 8. The number of hydrogen-bond acceptors (Lipinski definition) is 8. The predicted octanol–water partition coefficient (Wildman–Crippen LogP) is 3.78. The summed E-state index contributed by atoms with van der Waals surface area (Å²) in [6.07, 6.45) is 0. The summed E-state index contributed by atoms with van der Waals surface area (Å²) in [5.74, 6) is -0.710. The first kappa shape index (κ1) is 22.3. The van der Waals surface area contributed by atoms with Gasteiger partial charge < -0.3 is 24.3 Å². The Balaban J connectivity index is 1.70. The monoisotopic (exact) mass is 443 g/mol. The Morgan fingerprint density at radius 1 is 1.06 bits per heavy atom. The van der Waals surface area contributed by atoms with E-state index in [0.29, 0.717) is 22.6 Å². The molecule has 1 amide bonds. The molecule has 0 saturated heterocycles. The van der Waals surface area contributed by atoms with Crippen LogP contribution in [0.1, 0.15) is 39.0 Å². The summed E-state index contributed by atoms with van der Waals surface area (Å²) in [6.45, 7) is 2.97. The van der Waals surface area contributed by atoms with Crippen LogP contribution in [0.3, 0.4) is 0 Å². The van der Waals surface area contributed by atoms with Crippen LogP contribution in [0.4, 0.5) is 5.00 Å². The highest BCUT2D eigenvalue weighted by Gasteiger charge is 2.24. The van der Waals surface area contributed by atoms with Crippen molar-refractivity contribution in [2.24, 2.45) is 0 Å². The minimum absolute atomic E-state index is 0.138. The first-order valence-electron chi connectivity index (χ1n) is 9.45. The van der Waals surface area contributed by atoms with Gasteiger partial charge in [-0.3, -0.25) is 4.79 Å². The molecule has 8 nitrogen and oxygen atoms in total. The minimum Gasteiger partial charge on any atom is -0.462 e. The summed E-state index contributed by atoms with van der Waals surface area (Å²) in [4.78, 5) is 36.9. The maximum Gasteiger partial charge on any atom is 0.341 e. The van der Waals surface area contributed by atoms with Gasteiger partial charge in [-0.15, -0.1) is 11.3 Å². The number of furan rings is 1. The first-order valence-corrected chi connectivity index (χ1v) is 10.3. The molecule has 0 unspecified atom stereocenters. The number of esters is 2. The van der Waals surface area contributed by atoms with Crippen LogP contribution in [0.15, 0.2) is 46.2 Å². The van der Waals surface area contributed by atoms with Gasteiger partial charge in [0.1, 0.15) is 22.1 Å². The van der Waals surface area contributed by atoms with Crippen molar-refractivity contribution in [3.05, 3.63) is 64.2 Å². The van der Waals surface area contributed by atoms with E-state index in [4.69, 9.17) is 19.0 Å². The molecule has 0 fully saturated rings. The lowest BCUT2D eigenvalue weighted by Gasteiger charge is -2.08. The Morgan fingerprint density at radius 3 is 2.42 bits per heavy atom. The third-order valence-electron chi connectivity index (χ3n) is 4.24. The van der Waals surface area contributed by atoms with E-state index in [9.17, 15) is 14.4 Å². The SMILES string of the molecule is CCOC(=O)c1c(-c2ccc(C)o2)csc1NC(=O)COC(=O)c1ccc(CO)cc1. The van der Waals surface area contributed by atoms with Crippen LogP contribution in [-0.4, -0.2) is 36.2 Å². The lowest BCUT2D eigenvalue weighted by Crippen LogP contribution is -2.21. The van der Waals surface area contributed by atoms with E-state index < -0.39 is 24.5 Å². The molecule has 0 spiro atoms. The van der Waals surface area contributed by atoms with Crippen molar-refractivity contribution in [1.82, 2.24) is 0 Å². The molecule has 9 heteroatoms. The van der Waals surface area contributed by atoms with Crippen molar-refractivity contribution in [1.29, 1.82) is 0 Å². The lowest BCUT2D eigenvalue weighted by atomic mass is 10.1. The molecule has 0 atom stereocenters. The Bertz CT molecular complexity index is 1080. The number of benzene rings is 1. The Hall–Kier alpha value is -3.43. The van der Waals surface area contributed by atoms with Crippen molar-refractivity contribution >= 4 is 34.2 Å². The van der Waals surface area contributed by atoms with Gasteiger partial charge in [-0.25, -0.2) is 9.59 Å². The predicted molar refractivity (Wildman–Crippen MR) is 114 cm³/mol. The number of ether oxygens (including phenoxy) is 2. The summed E-state index contributed by atoms with van der Waals surface area (Å²) in [5, 5.41) is 13.6. The van der Waals surface area contributed by atoms with Crippen LogP contribution < -0.4 is 5.32 Å². The fourth-order valence-corrected chi connectivity index (χ4v) is 3.69. The zero-order valence-electron chi connectivity index (χ0n) is 17.0. The van der Waals surface area contributed by atoms with Gasteiger partial charge in [0.15, 0.2) is 6.61 Å². The van der Waals surface area contributed by atoms with Gasteiger partial charge >= 0.3 is 11.9 Å². The molecule has 0 radical (unpaired) electrons. The van der Waals surface area contributed by atoms with Crippen LogP contribution in [0.5, 0.6) is 0 Å². The summed E-state index contributed by atoms with van der Waals surface area (Å²) < 4.78 is 15.8. The van der Waals surface area contributed by atoms with Crippen molar-refractivity contribution in [3.8, 4) is 11.3 Å². The van der Waals surface area contributed by atoms with Crippen molar-refractivity contribution in [3.63, 3.8) is 0 Å². The fourth-order valence-electron chi connectivity index (χ4n) is 2.74. The summed E-state index contributed by atoms with van der Waals surface area (Å²) in [7, 11) is 0. The molecule has 3 rings (SSSR count). The summed E-state index contributed by atoms with van der Waals surface area (Å²) in [5.41, 5.74) is 1.60. The smallest absolute Gasteiger partial charge is 0.341 e. The molecule has 0 aliphatic rings. The fraction of sp³-hybridized carbons (Fsp3) is 0.227. The number of nitrogens with one attached hydrogen (secondary N) is 1. The highest BCUT2D eigenvalue weighted by Crippen LogP contribution is 2.37. The molecule has 2 heterocycles. The standard InChI is InChI=1S/C22H21NO7S/c1-3-28-22(27)19-16(17-9-4-13(2)30-17)12-31-20(19)23-18(25)11-29-21(26)15-7-5-14(10-24)6-8-15/h4-9,12,24H,3,10-11H2,1-2H3,(H,23,25). The average Bonchev–Trinajstić information content (AvgIpc) is 3.38. The van der Waals surface area contributed by atoms with E-state index in [1.54, 1.807) is 43.5 Å². The van der Waals surface area contributed by atoms with Gasteiger partial charge in [-0.1, -0.05) is 12.1 Å². The summed E-state index contributed by atoms with van der Waals surface area (Å²) >= 11 is 1.14. The van der Waals surface area contributed by atoms with E-state index >= 15 is 0 Å². The van der Waals surface area contributed by atoms with Crippen LogP contribution in [0.25, 0.3) is 11.3 Å². The van der Waals surface area contributed by atoms with E-state index in [-0.39, 0.29) is 29.3 Å². The van der Waals surface area contributed by atoms with E-state index in [0.717, 1.165) is 11.3 Å². The number of amides is 1. The molecule has 0 aliphatic carbocycles. The zero-order valence-corrected chi connectivity index (χ0v) is 17.8. The number of carbonyl (C=O) groups is 3. The van der Waals surface area contributed by atoms with E-state index in [1.807, 2.05) is 0 Å². The van der Waals surface area contributed by atoms with Crippen LogP contribution in [0.2, 0.25) is 0 Å². The van der Waals surface area contributed by atoms with E-state index in [2.05, 4.69) is 5.32 Å². The molecular formula is C22H21NO7S. The topological polar surface area (TPSA) is 115 Å². The quantitative estimate of drug-likeness (QED) is 0.509. The van der Waals surface area contributed by atoms with Gasteiger partial charge in [-0.2, -0.15) is 0 Å². The molecule has 0 bridgehead atoms. The normalized spacial score (nSPS) is 10.5. The number of aliphatic hydroxyl groups excluding tert-OH is 1. The zero-order chi connectivity index (χ0) is 22.4. The third kappa shape index (κ3) is 5.39. The lowest BCUT2D eigenvalue weighted by molar-refractivity contribution is -0.119. The molecule has 1 aromatic carbocycles. The van der Waals surface area contributed by atoms with Gasteiger partial charge in [0, 0.05) is 10.9 Å². The number of anilines is 1. The highest BCUT2D eigenvalue weighted by molar-refractivity contribution is 7.15. The van der Waals surface area contributed by atoms with E-state index in [1.165, 1.54) is 12.1 Å². The molecule has 2 aromatic heterocycles. The van der Waals surface area contributed by atoms with Crippen molar-refractivity contribution in [2.75, 3.05) is 18.5 Å². The van der Waals surface area contributed by atoms with Gasteiger partial charge in [-0.05, 0) is 43.7 Å². The largest absolute Gasteiger partial charge is 0.462 e. The van der Waals surface area contributed by atoms with Gasteiger partial charge in [0.2, 0.25) is 0 Å². The molecule has 162 valence electrons. The highest BCUT2D eigenvalue weighted by atomic mass is 32.1. The molecule has 31 heavy (non-hydrogen) atoms. The number of thiophene rings is 1. The number of carbonyl (C=O) groups excluding carboxylic acids is 3. The molecule has 0 aliphatic heterocycles. The number of aliphatic hydroxyl groups is 1. The van der Waals surface area contributed by atoms with Crippen LogP contribution in [-0.2, 0) is 20.9 Å². The molecular weight excluding hydrogens is 422 g/mol. The summed E-state index contributed by atoms with van der Waals surface area (Å²) in [6, 6.07) is 9.68. The second-order valence-electron chi connectivity index (χ2n) is 6.46. The second-order valence-corrected chi connectivity index (χ2v) is 7.34. The average molecular weight is 443 g/mol. The maximum absolute atomic E-state index is 12.5. The molecule has 2 N–H and O–H groups in total.